The van der Waals surface area contributed by atoms with Crippen LogP contribution in [0.2, 0.25) is 5.02 Å². The first-order valence-corrected chi connectivity index (χ1v) is 5.19. The predicted molar refractivity (Wildman–Crippen MR) is 63.2 cm³/mol. The fraction of sp³-hybridized carbons (Fsp3) is 0. The molecule has 0 aliphatic carbocycles. The van der Waals surface area contributed by atoms with Gasteiger partial charge in [0.2, 0.25) is 0 Å². The highest BCUT2D eigenvalue weighted by molar-refractivity contribution is 6.32. The van der Waals surface area contributed by atoms with Gasteiger partial charge >= 0.3 is 0 Å². The molecule has 2 aromatic carbocycles. The number of aromatic hydroxyl groups is 1. The third-order valence-corrected chi connectivity index (χ3v) is 2.70. The summed E-state index contributed by atoms with van der Waals surface area (Å²) in [7, 11) is 0. The van der Waals surface area contributed by atoms with Crippen LogP contribution in [0, 0.1) is 17.1 Å². The molecule has 0 spiro atoms. The van der Waals surface area contributed by atoms with Gasteiger partial charge in [-0.2, -0.15) is 5.26 Å². The Morgan fingerprint density at radius 3 is 2.65 bits per heavy atom. The van der Waals surface area contributed by atoms with Crippen molar-refractivity contribution >= 4 is 11.6 Å². The van der Waals surface area contributed by atoms with Gasteiger partial charge in [0.1, 0.15) is 17.6 Å². The second kappa shape index (κ2) is 4.44. The molecule has 0 bridgehead atoms. The van der Waals surface area contributed by atoms with Crippen molar-refractivity contribution in [3.05, 3.63) is 52.8 Å². The molecule has 17 heavy (non-hydrogen) atoms. The van der Waals surface area contributed by atoms with Crippen LogP contribution in [-0.4, -0.2) is 5.11 Å². The average Bonchev–Trinajstić information content (AvgIpc) is 2.33. The first-order valence-electron chi connectivity index (χ1n) is 4.81. The summed E-state index contributed by atoms with van der Waals surface area (Å²) in [5.74, 6) is -0.720. The van der Waals surface area contributed by atoms with E-state index in [1.54, 1.807) is 24.3 Å². The molecule has 0 saturated heterocycles. The van der Waals surface area contributed by atoms with E-state index in [1.807, 2.05) is 0 Å². The number of nitrogens with zero attached hydrogens (tertiary/aromatic N) is 1. The summed E-state index contributed by atoms with van der Waals surface area (Å²) >= 11 is 5.67. The van der Waals surface area contributed by atoms with Gasteiger partial charge in [-0.15, -0.1) is 0 Å². The maximum atomic E-state index is 13.9. The van der Waals surface area contributed by atoms with Crippen molar-refractivity contribution in [3.8, 4) is 22.9 Å². The van der Waals surface area contributed by atoms with Gasteiger partial charge < -0.3 is 5.11 Å². The lowest BCUT2D eigenvalue weighted by molar-refractivity contribution is 0.476. The van der Waals surface area contributed by atoms with E-state index in [1.165, 1.54) is 18.2 Å². The third kappa shape index (κ3) is 2.08. The second-order valence-corrected chi connectivity index (χ2v) is 3.85. The van der Waals surface area contributed by atoms with Crippen LogP contribution < -0.4 is 0 Å². The summed E-state index contributed by atoms with van der Waals surface area (Å²) in [6.45, 7) is 0. The first-order chi connectivity index (χ1) is 8.13. The van der Waals surface area contributed by atoms with E-state index in [0.29, 0.717) is 5.56 Å². The van der Waals surface area contributed by atoms with Crippen molar-refractivity contribution in [2.75, 3.05) is 0 Å². The lowest BCUT2D eigenvalue weighted by Gasteiger charge is -2.05. The van der Waals surface area contributed by atoms with Crippen molar-refractivity contribution in [1.82, 2.24) is 0 Å². The Bertz CT molecular complexity index is 619. The Morgan fingerprint density at radius 2 is 2.00 bits per heavy atom. The van der Waals surface area contributed by atoms with Gasteiger partial charge in [-0.05, 0) is 23.8 Å². The number of hydrogen-bond donors (Lipinski definition) is 1. The zero-order valence-corrected chi connectivity index (χ0v) is 9.37. The minimum atomic E-state index is -0.600. The van der Waals surface area contributed by atoms with Crippen LogP contribution in [0.3, 0.4) is 0 Å². The Hall–Kier alpha value is -2.05. The van der Waals surface area contributed by atoms with Crippen LogP contribution in [0.4, 0.5) is 4.39 Å². The lowest BCUT2D eigenvalue weighted by atomic mass is 10.0. The molecule has 0 aliphatic heterocycles. The van der Waals surface area contributed by atoms with E-state index < -0.39 is 5.82 Å². The van der Waals surface area contributed by atoms with E-state index in [4.69, 9.17) is 16.9 Å². The van der Waals surface area contributed by atoms with Crippen LogP contribution in [-0.2, 0) is 0 Å². The zero-order chi connectivity index (χ0) is 12.4. The highest BCUT2D eigenvalue weighted by Crippen LogP contribution is 2.31. The number of benzene rings is 2. The molecular formula is C13H7ClFNO. The lowest BCUT2D eigenvalue weighted by Crippen LogP contribution is -1.89. The minimum Gasteiger partial charge on any atom is -0.506 e. The van der Waals surface area contributed by atoms with E-state index in [-0.39, 0.29) is 21.9 Å². The Morgan fingerprint density at radius 1 is 1.24 bits per heavy atom. The summed E-state index contributed by atoms with van der Waals surface area (Å²) in [5.41, 5.74) is 0.703. The highest BCUT2D eigenvalue weighted by atomic mass is 35.5. The van der Waals surface area contributed by atoms with Crippen LogP contribution in [0.1, 0.15) is 5.56 Å². The molecule has 0 radical (unpaired) electrons. The van der Waals surface area contributed by atoms with E-state index >= 15 is 0 Å². The number of hydrogen-bond acceptors (Lipinski definition) is 2. The molecule has 0 aromatic heterocycles. The number of phenols is 1. The molecule has 2 aromatic rings. The van der Waals surface area contributed by atoms with Crippen LogP contribution >= 0.6 is 11.6 Å². The monoisotopic (exact) mass is 247 g/mol. The van der Waals surface area contributed by atoms with E-state index in [0.717, 1.165) is 0 Å². The fourth-order valence-corrected chi connectivity index (χ4v) is 1.64. The fourth-order valence-electron chi connectivity index (χ4n) is 1.52. The summed E-state index contributed by atoms with van der Waals surface area (Å²) in [6.07, 6.45) is 0. The van der Waals surface area contributed by atoms with Gasteiger partial charge in [-0.1, -0.05) is 29.8 Å². The van der Waals surface area contributed by atoms with Crippen molar-refractivity contribution < 1.29 is 9.50 Å². The molecule has 1 N–H and O–H groups in total. The molecule has 0 unspecified atom stereocenters. The summed E-state index contributed by atoms with van der Waals surface area (Å²) in [5, 5.41) is 18.4. The molecular weight excluding hydrogens is 241 g/mol. The number of phenolic OH excluding ortho intramolecular Hbond substituents is 1. The maximum Gasteiger partial charge on any atom is 0.148 e. The SMILES string of the molecule is N#Cc1cccc(-c2ccc(Cl)c(O)c2)c1F. The molecule has 0 atom stereocenters. The molecule has 2 nitrogen and oxygen atoms in total. The van der Waals surface area contributed by atoms with Crippen LogP contribution in [0.25, 0.3) is 11.1 Å². The quantitative estimate of drug-likeness (QED) is 0.835. The van der Waals surface area contributed by atoms with Gasteiger partial charge in [-0.25, -0.2) is 4.39 Å². The Kier molecular flexibility index (Phi) is 2.99. The van der Waals surface area contributed by atoms with Crippen molar-refractivity contribution in [3.63, 3.8) is 0 Å². The zero-order valence-electron chi connectivity index (χ0n) is 8.61. The molecule has 4 heteroatoms. The van der Waals surface area contributed by atoms with Crippen molar-refractivity contribution in [2.24, 2.45) is 0 Å². The highest BCUT2D eigenvalue weighted by Gasteiger charge is 2.10. The van der Waals surface area contributed by atoms with Crippen LogP contribution in [0.5, 0.6) is 5.75 Å². The Balaban J connectivity index is 2.61. The smallest absolute Gasteiger partial charge is 0.148 e. The number of halogens is 2. The number of rotatable bonds is 1. The minimum absolute atomic E-state index is 0.0306. The number of nitriles is 1. The summed E-state index contributed by atoms with van der Waals surface area (Å²) < 4.78 is 13.9. The molecule has 0 saturated carbocycles. The molecule has 0 heterocycles. The van der Waals surface area contributed by atoms with Gasteiger partial charge in [0.05, 0.1) is 10.6 Å². The largest absolute Gasteiger partial charge is 0.506 e. The predicted octanol–water partition coefficient (Wildman–Crippen LogP) is 3.72. The standard InChI is InChI=1S/C13H7ClFNO/c14-11-5-4-8(6-12(11)17)10-3-1-2-9(7-16)13(10)15/h1-6,17H. The van der Waals surface area contributed by atoms with Crippen molar-refractivity contribution in [2.45, 2.75) is 0 Å². The van der Waals surface area contributed by atoms with Crippen molar-refractivity contribution in [1.29, 1.82) is 5.26 Å². The van der Waals surface area contributed by atoms with Gasteiger partial charge in [0.15, 0.2) is 0 Å². The van der Waals surface area contributed by atoms with E-state index in [2.05, 4.69) is 0 Å². The molecule has 84 valence electrons. The summed E-state index contributed by atoms with van der Waals surface area (Å²) in [4.78, 5) is 0. The molecule has 0 amide bonds. The third-order valence-electron chi connectivity index (χ3n) is 2.38. The maximum absolute atomic E-state index is 13.9. The average molecular weight is 248 g/mol. The van der Waals surface area contributed by atoms with Crippen LogP contribution in [0.15, 0.2) is 36.4 Å². The van der Waals surface area contributed by atoms with Gasteiger partial charge in [-0.3, -0.25) is 0 Å². The molecule has 2 rings (SSSR count). The topological polar surface area (TPSA) is 44.0 Å². The van der Waals surface area contributed by atoms with E-state index in [9.17, 15) is 9.50 Å². The Labute approximate surface area is 103 Å². The molecule has 0 fully saturated rings. The first kappa shape index (κ1) is 11.4. The second-order valence-electron chi connectivity index (χ2n) is 3.45. The normalized spacial score (nSPS) is 9.94. The summed E-state index contributed by atoms with van der Waals surface area (Å²) in [6, 6.07) is 10.7. The van der Waals surface area contributed by atoms with Gasteiger partial charge in [0.25, 0.3) is 0 Å². The molecule has 0 aliphatic rings. The van der Waals surface area contributed by atoms with Gasteiger partial charge in [0, 0.05) is 5.56 Å².